The van der Waals surface area contributed by atoms with Gasteiger partial charge in [0.15, 0.2) is 0 Å². The molecule has 0 saturated carbocycles. The summed E-state index contributed by atoms with van der Waals surface area (Å²) in [6, 6.07) is 8.44. The van der Waals surface area contributed by atoms with Crippen LogP contribution in [0.4, 0.5) is 0 Å². The van der Waals surface area contributed by atoms with Crippen molar-refractivity contribution in [1.82, 2.24) is 29.9 Å². The number of benzene rings is 1. The van der Waals surface area contributed by atoms with E-state index in [9.17, 15) is 0 Å². The monoisotopic (exact) mass is 324 g/mol. The third-order valence-electron chi connectivity index (χ3n) is 4.03. The zero-order chi connectivity index (χ0) is 16.9. The van der Waals surface area contributed by atoms with Crippen LogP contribution in [0.2, 0.25) is 0 Å². The molecule has 2 heterocycles. The largest absolute Gasteiger partial charge is 0.308 e. The summed E-state index contributed by atoms with van der Waals surface area (Å²) in [6.07, 6.45) is 5.41. The van der Waals surface area contributed by atoms with E-state index in [4.69, 9.17) is 0 Å². The van der Waals surface area contributed by atoms with E-state index < -0.39 is 0 Å². The zero-order valence-electron chi connectivity index (χ0n) is 14.5. The number of nitrogens with zero attached hydrogens (tertiary/aromatic N) is 5. The Morgan fingerprint density at radius 2 is 1.83 bits per heavy atom. The fraction of sp³-hybridized carbons (Fsp3) is 0.389. The third kappa shape index (κ3) is 3.89. The summed E-state index contributed by atoms with van der Waals surface area (Å²) < 4.78 is 3.74. The molecule has 0 aliphatic heterocycles. The highest BCUT2D eigenvalue weighted by molar-refractivity contribution is 5.27. The van der Waals surface area contributed by atoms with Crippen LogP contribution in [0.15, 0.2) is 43.1 Å². The van der Waals surface area contributed by atoms with Crippen LogP contribution < -0.4 is 5.32 Å². The molecule has 3 rings (SSSR count). The Morgan fingerprint density at radius 1 is 1.08 bits per heavy atom. The molecule has 0 amide bonds. The van der Waals surface area contributed by atoms with E-state index in [0.717, 1.165) is 19.6 Å². The molecule has 0 fully saturated rings. The van der Waals surface area contributed by atoms with Crippen LogP contribution in [0, 0.1) is 0 Å². The number of rotatable bonds is 7. The van der Waals surface area contributed by atoms with Crippen molar-refractivity contribution >= 4 is 0 Å². The van der Waals surface area contributed by atoms with Gasteiger partial charge in [-0.05, 0) is 17.0 Å². The van der Waals surface area contributed by atoms with Gasteiger partial charge in [0.1, 0.15) is 12.7 Å². The molecule has 2 aromatic heterocycles. The maximum atomic E-state index is 4.56. The predicted octanol–water partition coefficient (Wildman–Crippen LogP) is 2.47. The van der Waals surface area contributed by atoms with Crippen molar-refractivity contribution in [1.29, 1.82) is 0 Å². The second-order valence-electron chi connectivity index (χ2n) is 6.33. The van der Waals surface area contributed by atoms with E-state index in [-0.39, 0.29) is 0 Å². The fourth-order valence-electron chi connectivity index (χ4n) is 2.88. The van der Waals surface area contributed by atoms with Crippen molar-refractivity contribution in [2.24, 2.45) is 7.05 Å². The van der Waals surface area contributed by atoms with E-state index in [1.54, 1.807) is 12.7 Å². The Hall–Kier alpha value is -2.47. The lowest BCUT2D eigenvalue weighted by molar-refractivity contribution is 0.650. The fourth-order valence-corrected chi connectivity index (χ4v) is 2.88. The molecule has 0 aliphatic rings. The highest BCUT2D eigenvalue weighted by atomic mass is 15.3. The molecule has 24 heavy (non-hydrogen) atoms. The van der Waals surface area contributed by atoms with Crippen LogP contribution in [0.1, 0.15) is 42.1 Å². The van der Waals surface area contributed by atoms with Gasteiger partial charge in [0.05, 0.1) is 12.2 Å². The molecule has 6 heteroatoms. The number of aromatic nitrogens is 5. The van der Waals surface area contributed by atoms with E-state index in [1.165, 1.54) is 22.4 Å². The van der Waals surface area contributed by atoms with Gasteiger partial charge in [-0.2, -0.15) is 10.2 Å². The summed E-state index contributed by atoms with van der Waals surface area (Å²) >= 11 is 0. The summed E-state index contributed by atoms with van der Waals surface area (Å²) in [5.41, 5.74) is 4.97. The SMILES string of the molecule is CC(C)c1nn(C)cc1CNCc1ccccc1Cn1cncn1. The smallest absolute Gasteiger partial charge is 0.137 e. The number of hydrogen-bond acceptors (Lipinski definition) is 4. The summed E-state index contributed by atoms with van der Waals surface area (Å²) in [5.74, 6) is 0.433. The van der Waals surface area contributed by atoms with Crippen molar-refractivity contribution in [2.45, 2.75) is 39.4 Å². The quantitative estimate of drug-likeness (QED) is 0.725. The summed E-state index contributed by atoms with van der Waals surface area (Å²) in [5, 5.41) is 12.3. The van der Waals surface area contributed by atoms with Gasteiger partial charge in [-0.25, -0.2) is 9.67 Å². The average molecular weight is 324 g/mol. The first-order valence-corrected chi connectivity index (χ1v) is 8.26. The van der Waals surface area contributed by atoms with Crippen LogP contribution in [0.5, 0.6) is 0 Å². The minimum Gasteiger partial charge on any atom is -0.308 e. The van der Waals surface area contributed by atoms with Gasteiger partial charge in [-0.1, -0.05) is 38.1 Å². The molecule has 1 aromatic carbocycles. The Kier molecular flexibility index (Phi) is 5.05. The Labute approximate surface area is 142 Å². The van der Waals surface area contributed by atoms with Crippen LogP contribution in [0.25, 0.3) is 0 Å². The van der Waals surface area contributed by atoms with Crippen molar-refractivity contribution in [2.75, 3.05) is 0 Å². The van der Waals surface area contributed by atoms with E-state index in [2.05, 4.69) is 64.8 Å². The topological polar surface area (TPSA) is 60.6 Å². The highest BCUT2D eigenvalue weighted by Crippen LogP contribution is 2.17. The van der Waals surface area contributed by atoms with Crippen molar-refractivity contribution < 1.29 is 0 Å². The number of hydrogen-bond donors (Lipinski definition) is 1. The first-order chi connectivity index (χ1) is 11.6. The molecule has 0 atom stereocenters. The molecular formula is C18H24N6. The molecule has 0 aliphatic carbocycles. The van der Waals surface area contributed by atoms with Crippen molar-refractivity contribution in [3.05, 3.63) is 65.5 Å². The Morgan fingerprint density at radius 3 is 2.54 bits per heavy atom. The van der Waals surface area contributed by atoms with Gasteiger partial charge < -0.3 is 5.32 Å². The van der Waals surface area contributed by atoms with Crippen molar-refractivity contribution in [3.63, 3.8) is 0 Å². The summed E-state index contributed by atoms with van der Waals surface area (Å²) in [4.78, 5) is 4.01. The van der Waals surface area contributed by atoms with Crippen LogP contribution in [-0.4, -0.2) is 24.5 Å². The lowest BCUT2D eigenvalue weighted by atomic mass is 10.1. The van der Waals surface area contributed by atoms with E-state index >= 15 is 0 Å². The van der Waals surface area contributed by atoms with Crippen LogP contribution in [0.3, 0.4) is 0 Å². The second-order valence-corrected chi connectivity index (χ2v) is 6.33. The molecular weight excluding hydrogens is 300 g/mol. The van der Waals surface area contributed by atoms with E-state index in [1.807, 2.05) is 16.4 Å². The molecule has 0 bridgehead atoms. The molecule has 3 aromatic rings. The summed E-state index contributed by atoms with van der Waals surface area (Å²) in [6.45, 7) is 6.73. The molecule has 0 saturated heterocycles. The molecule has 0 radical (unpaired) electrons. The molecule has 6 nitrogen and oxygen atoms in total. The minimum absolute atomic E-state index is 0.433. The maximum Gasteiger partial charge on any atom is 0.137 e. The third-order valence-corrected chi connectivity index (χ3v) is 4.03. The maximum absolute atomic E-state index is 4.56. The Balaban J connectivity index is 1.65. The molecule has 0 unspecified atom stereocenters. The number of aryl methyl sites for hydroxylation is 1. The zero-order valence-corrected chi connectivity index (χ0v) is 14.5. The van der Waals surface area contributed by atoms with Gasteiger partial charge in [0.25, 0.3) is 0 Å². The lowest BCUT2D eigenvalue weighted by Gasteiger charge is -2.11. The van der Waals surface area contributed by atoms with Gasteiger partial charge in [0.2, 0.25) is 0 Å². The van der Waals surface area contributed by atoms with E-state index in [0.29, 0.717) is 5.92 Å². The first kappa shape index (κ1) is 16.4. The molecule has 126 valence electrons. The summed E-state index contributed by atoms with van der Waals surface area (Å²) in [7, 11) is 1.97. The molecule has 0 spiro atoms. The number of nitrogens with one attached hydrogen (secondary N) is 1. The molecule has 1 N–H and O–H groups in total. The van der Waals surface area contributed by atoms with Crippen molar-refractivity contribution in [3.8, 4) is 0 Å². The minimum atomic E-state index is 0.433. The van der Waals surface area contributed by atoms with Gasteiger partial charge in [0, 0.05) is 31.9 Å². The predicted molar refractivity (Wildman–Crippen MR) is 93.4 cm³/mol. The van der Waals surface area contributed by atoms with Gasteiger partial charge in [-0.3, -0.25) is 4.68 Å². The average Bonchev–Trinajstić information content (AvgIpc) is 3.18. The highest BCUT2D eigenvalue weighted by Gasteiger charge is 2.11. The van der Waals surface area contributed by atoms with Crippen LogP contribution >= 0.6 is 0 Å². The Bertz CT molecular complexity index is 773. The first-order valence-electron chi connectivity index (χ1n) is 8.26. The standard InChI is InChI=1S/C18H24N6/c1-14(2)18-17(10-23(3)22-18)9-19-8-15-6-4-5-7-16(15)11-24-13-20-12-21-24/h4-7,10,12-14,19H,8-9,11H2,1-3H3. The normalized spacial score (nSPS) is 11.3. The lowest BCUT2D eigenvalue weighted by Crippen LogP contribution is -2.15. The van der Waals surface area contributed by atoms with Gasteiger partial charge >= 0.3 is 0 Å². The second kappa shape index (κ2) is 7.40. The van der Waals surface area contributed by atoms with Crippen LogP contribution in [-0.2, 0) is 26.7 Å². The van der Waals surface area contributed by atoms with Gasteiger partial charge in [-0.15, -0.1) is 0 Å².